The Morgan fingerprint density at radius 3 is 2.25 bits per heavy atom. The summed E-state index contributed by atoms with van der Waals surface area (Å²) in [7, 11) is 0. The zero-order chi connectivity index (χ0) is 20.7. The summed E-state index contributed by atoms with van der Waals surface area (Å²) in [4.78, 5) is 11.5. The average Bonchev–Trinajstić information content (AvgIpc) is 3.09. The third-order valence-corrected chi connectivity index (χ3v) is 6.14. The van der Waals surface area contributed by atoms with Crippen LogP contribution < -0.4 is 10.6 Å². The molecule has 0 saturated carbocycles. The van der Waals surface area contributed by atoms with Gasteiger partial charge in [-0.3, -0.25) is 9.28 Å². The standard InChI is InChI=1S/C24H45N3O/c1-5-7-8-9-10-11-12-13-14-15-16-17-18-19-24-25-20-21-27(24,6-2)22(3)26-23(4)28/h14-15,20-22,24-25H,5-13,16-19H2,1-4H3/p+1/b15-14+. The molecule has 0 aromatic heterocycles. The number of hydrogen-bond acceptors (Lipinski definition) is 2. The van der Waals surface area contributed by atoms with Gasteiger partial charge in [0.1, 0.15) is 6.20 Å². The third kappa shape index (κ3) is 8.81. The maximum atomic E-state index is 11.5. The van der Waals surface area contributed by atoms with Crippen LogP contribution in [0.25, 0.3) is 0 Å². The zero-order valence-electron chi connectivity index (χ0n) is 19.0. The fourth-order valence-electron chi connectivity index (χ4n) is 4.33. The molecule has 3 unspecified atom stereocenters. The summed E-state index contributed by atoms with van der Waals surface area (Å²) in [5.41, 5.74) is 0. The fourth-order valence-corrected chi connectivity index (χ4v) is 4.33. The van der Waals surface area contributed by atoms with Crippen LogP contribution in [0.3, 0.4) is 0 Å². The fraction of sp³-hybridized carbons (Fsp3) is 0.792. The van der Waals surface area contributed by atoms with Crippen molar-refractivity contribution >= 4 is 5.91 Å². The highest BCUT2D eigenvalue weighted by Gasteiger charge is 2.41. The Morgan fingerprint density at radius 2 is 1.64 bits per heavy atom. The molecule has 0 aliphatic carbocycles. The Labute approximate surface area is 174 Å². The number of carbonyl (C=O) groups is 1. The first kappa shape index (κ1) is 24.7. The Hall–Kier alpha value is -1.29. The number of rotatable bonds is 16. The highest BCUT2D eigenvalue weighted by molar-refractivity contribution is 5.72. The Bertz CT molecular complexity index is 474. The molecule has 1 rings (SSSR count). The molecule has 4 nitrogen and oxygen atoms in total. The molecule has 2 N–H and O–H groups in total. The van der Waals surface area contributed by atoms with Gasteiger partial charge in [0.25, 0.3) is 0 Å². The van der Waals surface area contributed by atoms with E-state index in [4.69, 9.17) is 0 Å². The number of nitrogens with one attached hydrogen (secondary N) is 2. The lowest BCUT2D eigenvalue weighted by atomic mass is 10.1. The minimum atomic E-state index is 0.0450. The van der Waals surface area contributed by atoms with Gasteiger partial charge >= 0.3 is 0 Å². The van der Waals surface area contributed by atoms with E-state index >= 15 is 0 Å². The minimum Gasteiger partial charge on any atom is -0.338 e. The summed E-state index contributed by atoms with van der Waals surface area (Å²) in [6, 6.07) is 0. The molecule has 4 heteroatoms. The van der Waals surface area contributed by atoms with E-state index in [-0.39, 0.29) is 12.1 Å². The van der Waals surface area contributed by atoms with Crippen LogP contribution in [0.1, 0.15) is 105 Å². The lowest BCUT2D eigenvalue weighted by molar-refractivity contribution is -0.923. The second kappa shape index (κ2) is 14.7. The molecule has 162 valence electrons. The molecule has 0 aromatic rings. The zero-order valence-corrected chi connectivity index (χ0v) is 19.0. The second-order valence-electron chi connectivity index (χ2n) is 8.35. The van der Waals surface area contributed by atoms with Crippen LogP contribution in [-0.4, -0.2) is 29.3 Å². The Kier molecular flexibility index (Phi) is 13.0. The normalized spacial score (nSPS) is 22.5. The SMILES string of the molecule is CCCCCCCCC/C=C/CCCCC1NC=C[N+]1(CC)C(C)NC(C)=O. The molecule has 0 saturated heterocycles. The number of quaternary nitrogens is 1. The van der Waals surface area contributed by atoms with Crippen molar-refractivity contribution in [2.24, 2.45) is 0 Å². The number of amides is 1. The van der Waals surface area contributed by atoms with Crippen LogP contribution in [0, 0.1) is 0 Å². The first-order valence-electron chi connectivity index (χ1n) is 11.8. The van der Waals surface area contributed by atoms with Crippen molar-refractivity contribution in [3.63, 3.8) is 0 Å². The quantitative estimate of drug-likeness (QED) is 0.193. The molecule has 0 spiro atoms. The predicted octanol–water partition coefficient (Wildman–Crippen LogP) is 5.96. The minimum absolute atomic E-state index is 0.0450. The van der Waals surface area contributed by atoms with E-state index in [1.807, 2.05) is 0 Å². The summed E-state index contributed by atoms with van der Waals surface area (Å²) in [6.45, 7) is 9.17. The Morgan fingerprint density at radius 1 is 1.04 bits per heavy atom. The highest BCUT2D eigenvalue weighted by Crippen LogP contribution is 2.25. The summed E-state index contributed by atoms with van der Waals surface area (Å²) < 4.78 is 0.799. The largest absolute Gasteiger partial charge is 0.338 e. The van der Waals surface area contributed by atoms with Crippen molar-refractivity contribution in [1.82, 2.24) is 10.6 Å². The maximum Gasteiger partial charge on any atom is 0.221 e. The molecule has 1 aliphatic heterocycles. The molecule has 0 bridgehead atoms. The Balaban J connectivity index is 2.15. The molecule has 1 amide bonds. The van der Waals surface area contributed by atoms with Crippen molar-refractivity contribution in [3.8, 4) is 0 Å². The van der Waals surface area contributed by atoms with Crippen molar-refractivity contribution < 1.29 is 9.28 Å². The molecular weight excluding hydrogens is 346 g/mol. The van der Waals surface area contributed by atoms with Crippen molar-refractivity contribution in [2.45, 2.75) is 117 Å². The lowest BCUT2D eigenvalue weighted by Gasteiger charge is -2.41. The van der Waals surface area contributed by atoms with Gasteiger partial charge in [-0.1, -0.05) is 57.6 Å². The lowest BCUT2D eigenvalue weighted by Crippen LogP contribution is -2.62. The maximum absolute atomic E-state index is 11.5. The summed E-state index contributed by atoms with van der Waals surface area (Å²) in [5.74, 6) is 0.0450. The van der Waals surface area contributed by atoms with Gasteiger partial charge in [0.05, 0.1) is 12.7 Å². The monoisotopic (exact) mass is 392 g/mol. The van der Waals surface area contributed by atoms with E-state index in [1.54, 1.807) is 6.92 Å². The molecule has 28 heavy (non-hydrogen) atoms. The topological polar surface area (TPSA) is 41.1 Å². The van der Waals surface area contributed by atoms with E-state index < -0.39 is 0 Å². The summed E-state index contributed by atoms with van der Waals surface area (Å²) in [6.07, 6.45) is 25.2. The van der Waals surface area contributed by atoms with E-state index in [9.17, 15) is 4.79 Å². The van der Waals surface area contributed by atoms with Crippen LogP contribution in [0.2, 0.25) is 0 Å². The van der Waals surface area contributed by atoms with Gasteiger partial charge in [-0.25, -0.2) is 0 Å². The molecular formula is C24H46N3O+. The van der Waals surface area contributed by atoms with Crippen LogP contribution in [0.15, 0.2) is 24.6 Å². The van der Waals surface area contributed by atoms with E-state index in [0.717, 1.165) is 17.4 Å². The van der Waals surface area contributed by atoms with Gasteiger partial charge < -0.3 is 10.6 Å². The number of hydrogen-bond donors (Lipinski definition) is 2. The van der Waals surface area contributed by atoms with Gasteiger partial charge in [-0.2, -0.15) is 0 Å². The van der Waals surface area contributed by atoms with Crippen molar-refractivity contribution in [3.05, 3.63) is 24.6 Å². The smallest absolute Gasteiger partial charge is 0.221 e. The highest BCUT2D eigenvalue weighted by atomic mass is 16.1. The number of unbranched alkanes of at least 4 members (excludes halogenated alkanes) is 9. The van der Waals surface area contributed by atoms with Gasteiger partial charge in [-0.05, 0) is 39.0 Å². The van der Waals surface area contributed by atoms with Gasteiger partial charge in [0.2, 0.25) is 5.91 Å². The average molecular weight is 393 g/mol. The first-order valence-corrected chi connectivity index (χ1v) is 11.8. The van der Waals surface area contributed by atoms with E-state index in [1.165, 1.54) is 70.6 Å². The number of nitrogens with zero attached hydrogens (tertiary/aromatic N) is 1. The molecule has 0 aromatic carbocycles. The van der Waals surface area contributed by atoms with Crippen LogP contribution >= 0.6 is 0 Å². The first-order chi connectivity index (χ1) is 13.6. The van der Waals surface area contributed by atoms with Gasteiger partial charge in [0.15, 0.2) is 12.3 Å². The van der Waals surface area contributed by atoms with Crippen molar-refractivity contribution in [1.29, 1.82) is 0 Å². The van der Waals surface area contributed by atoms with Gasteiger partial charge in [0, 0.05) is 20.3 Å². The second-order valence-corrected chi connectivity index (χ2v) is 8.35. The van der Waals surface area contributed by atoms with Crippen molar-refractivity contribution in [2.75, 3.05) is 6.54 Å². The van der Waals surface area contributed by atoms with Crippen LogP contribution in [0.4, 0.5) is 0 Å². The summed E-state index contributed by atoms with van der Waals surface area (Å²) >= 11 is 0. The molecule has 0 fully saturated rings. The molecule has 1 aliphatic rings. The van der Waals surface area contributed by atoms with Crippen LogP contribution in [-0.2, 0) is 4.79 Å². The number of carbonyl (C=O) groups excluding carboxylic acids is 1. The van der Waals surface area contributed by atoms with Crippen LogP contribution in [0.5, 0.6) is 0 Å². The third-order valence-electron chi connectivity index (χ3n) is 6.14. The molecule has 1 heterocycles. The molecule has 0 radical (unpaired) electrons. The van der Waals surface area contributed by atoms with E-state index in [0.29, 0.717) is 6.17 Å². The van der Waals surface area contributed by atoms with E-state index in [2.05, 4.69) is 56.0 Å². The molecule has 3 atom stereocenters. The number of allylic oxidation sites excluding steroid dienone is 2. The summed E-state index contributed by atoms with van der Waals surface area (Å²) in [5, 5.41) is 6.60. The van der Waals surface area contributed by atoms with Gasteiger partial charge in [-0.15, -0.1) is 0 Å². The predicted molar refractivity (Wildman–Crippen MR) is 120 cm³/mol.